The van der Waals surface area contributed by atoms with Crippen LogP contribution in [-0.2, 0) is 11.2 Å². The van der Waals surface area contributed by atoms with Crippen molar-refractivity contribution in [3.8, 4) is 0 Å². The molecule has 0 amide bonds. The average molecular weight is 263 g/mol. The van der Waals surface area contributed by atoms with E-state index in [-0.39, 0.29) is 5.60 Å². The van der Waals surface area contributed by atoms with Crippen LogP contribution in [0.5, 0.6) is 0 Å². The summed E-state index contributed by atoms with van der Waals surface area (Å²) in [4.78, 5) is 0. The first kappa shape index (κ1) is 16.2. The molecule has 108 valence electrons. The van der Waals surface area contributed by atoms with Crippen LogP contribution in [-0.4, -0.2) is 25.3 Å². The van der Waals surface area contributed by atoms with E-state index in [4.69, 9.17) is 4.74 Å². The van der Waals surface area contributed by atoms with Crippen molar-refractivity contribution in [1.82, 2.24) is 5.32 Å². The maximum absolute atomic E-state index is 5.80. The highest BCUT2D eigenvalue weighted by molar-refractivity contribution is 5.27. The lowest BCUT2D eigenvalue weighted by molar-refractivity contribution is -0.0287. The average Bonchev–Trinajstić information content (AvgIpc) is 2.44. The fourth-order valence-electron chi connectivity index (χ4n) is 2.41. The van der Waals surface area contributed by atoms with E-state index in [0.717, 1.165) is 25.8 Å². The molecule has 0 aliphatic rings. The molecule has 0 bridgehead atoms. The van der Waals surface area contributed by atoms with Crippen molar-refractivity contribution in [3.05, 3.63) is 35.4 Å². The predicted molar refractivity (Wildman–Crippen MR) is 82.7 cm³/mol. The summed E-state index contributed by atoms with van der Waals surface area (Å²) >= 11 is 0. The normalized spacial score (nSPS) is 16.1. The first-order valence-electron chi connectivity index (χ1n) is 7.40. The van der Waals surface area contributed by atoms with E-state index in [2.05, 4.69) is 57.3 Å². The van der Waals surface area contributed by atoms with Crippen LogP contribution in [0.2, 0.25) is 0 Å². The number of benzene rings is 1. The van der Waals surface area contributed by atoms with E-state index in [1.54, 1.807) is 0 Å². The van der Waals surface area contributed by atoms with Crippen LogP contribution in [0.4, 0.5) is 0 Å². The molecule has 0 heterocycles. The summed E-state index contributed by atoms with van der Waals surface area (Å²) in [7, 11) is 1.82. The molecule has 0 radical (unpaired) electrons. The third kappa shape index (κ3) is 4.32. The molecule has 1 rings (SSSR count). The highest BCUT2D eigenvalue weighted by Gasteiger charge is 2.32. The molecular formula is C17H29NO. The molecule has 19 heavy (non-hydrogen) atoms. The monoisotopic (exact) mass is 263 g/mol. The summed E-state index contributed by atoms with van der Waals surface area (Å²) in [5.74, 6) is 0. The molecule has 0 saturated carbocycles. The minimum Gasteiger partial charge on any atom is -0.377 e. The Balaban J connectivity index is 2.88. The lowest BCUT2D eigenvalue weighted by Crippen LogP contribution is -2.51. The maximum Gasteiger partial charge on any atom is 0.0803 e. The lowest BCUT2D eigenvalue weighted by Gasteiger charge is -2.37. The molecule has 1 aromatic rings. The summed E-state index contributed by atoms with van der Waals surface area (Å²) in [6, 6.07) is 8.98. The Morgan fingerprint density at radius 3 is 2.47 bits per heavy atom. The lowest BCUT2D eigenvalue weighted by atomic mass is 9.87. The first-order valence-corrected chi connectivity index (χ1v) is 7.40. The van der Waals surface area contributed by atoms with Gasteiger partial charge in [-0.25, -0.2) is 0 Å². The number of hydrogen-bond donors (Lipinski definition) is 1. The van der Waals surface area contributed by atoms with Crippen LogP contribution in [0.15, 0.2) is 24.3 Å². The summed E-state index contributed by atoms with van der Waals surface area (Å²) in [5.41, 5.74) is 2.66. The van der Waals surface area contributed by atoms with E-state index >= 15 is 0 Å². The van der Waals surface area contributed by atoms with Gasteiger partial charge in [0.05, 0.1) is 5.60 Å². The number of nitrogens with one attached hydrogen (secondary N) is 1. The van der Waals surface area contributed by atoms with Crippen LogP contribution < -0.4 is 5.32 Å². The molecule has 0 saturated heterocycles. The number of hydrogen-bond acceptors (Lipinski definition) is 2. The van der Waals surface area contributed by atoms with Gasteiger partial charge < -0.3 is 10.1 Å². The van der Waals surface area contributed by atoms with Crippen molar-refractivity contribution in [2.45, 2.75) is 58.6 Å². The van der Waals surface area contributed by atoms with Gasteiger partial charge in [0.15, 0.2) is 0 Å². The number of aryl methyl sites for hydroxylation is 1. The third-order valence-corrected chi connectivity index (χ3v) is 4.23. The van der Waals surface area contributed by atoms with Gasteiger partial charge in [-0.1, -0.05) is 38.1 Å². The van der Waals surface area contributed by atoms with Gasteiger partial charge in [0.2, 0.25) is 0 Å². The molecule has 2 heteroatoms. The van der Waals surface area contributed by atoms with Gasteiger partial charge in [-0.2, -0.15) is 0 Å². The van der Waals surface area contributed by atoms with Gasteiger partial charge in [0.25, 0.3) is 0 Å². The topological polar surface area (TPSA) is 21.3 Å². The molecule has 0 aliphatic heterocycles. The van der Waals surface area contributed by atoms with Crippen molar-refractivity contribution in [3.63, 3.8) is 0 Å². The Morgan fingerprint density at radius 2 is 1.95 bits per heavy atom. The Kier molecular flexibility index (Phi) is 6.53. The highest BCUT2D eigenvalue weighted by atomic mass is 16.5. The molecule has 2 atom stereocenters. The van der Waals surface area contributed by atoms with Crippen LogP contribution in [0.3, 0.4) is 0 Å². The van der Waals surface area contributed by atoms with E-state index in [0.29, 0.717) is 6.04 Å². The number of rotatable bonds is 8. The SMILES string of the molecule is CCCNC(Cc1ccccc1C)C(C)(CC)OC. The van der Waals surface area contributed by atoms with E-state index in [1.165, 1.54) is 11.1 Å². The Hall–Kier alpha value is -0.860. The molecule has 0 aliphatic carbocycles. The van der Waals surface area contributed by atoms with Crippen LogP contribution >= 0.6 is 0 Å². The fourth-order valence-corrected chi connectivity index (χ4v) is 2.41. The highest BCUT2D eigenvalue weighted by Crippen LogP contribution is 2.23. The number of ether oxygens (including phenoxy) is 1. The molecule has 1 N–H and O–H groups in total. The van der Waals surface area contributed by atoms with Crippen molar-refractivity contribution in [2.24, 2.45) is 0 Å². The molecule has 0 fully saturated rings. The smallest absolute Gasteiger partial charge is 0.0803 e. The zero-order valence-corrected chi connectivity index (χ0v) is 13.1. The summed E-state index contributed by atoms with van der Waals surface area (Å²) in [6.07, 6.45) is 3.18. The largest absolute Gasteiger partial charge is 0.377 e. The van der Waals surface area contributed by atoms with Gasteiger partial charge in [-0.15, -0.1) is 0 Å². The van der Waals surface area contributed by atoms with Crippen molar-refractivity contribution in [2.75, 3.05) is 13.7 Å². The predicted octanol–water partition coefficient (Wildman–Crippen LogP) is 3.72. The van der Waals surface area contributed by atoms with E-state index in [1.807, 2.05) is 7.11 Å². The fraction of sp³-hybridized carbons (Fsp3) is 0.647. The quantitative estimate of drug-likeness (QED) is 0.772. The van der Waals surface area contributed by atoms with Gasteiger partial charge >= 0.3 is 0 Å². The Morgan fingerprint density at radius 1 is 1.26 bits per heavy atom. The molecule has 2 nitrogen and oxygen atoms in total. The van der Waals surface area contributed by atoms with Crippen LogP contribution in [0, 0.1) is 6.92 Å². The number of methoxy groups -OCH3 is 1. The van der Waals surface area contributed by atoms with Gasteiger partial charge in [-0.3, -0.25) is 0 Å². The standard InChI is InChI=1S/C17H29NO/c1-6-12-18-16(17(4,7-2)19-5)13-15-11-9-8-10-14(15)3/h8-11,16,18H,6-7,12-13H2,1-5H3. The van der Waals surface area contributed by atoms with E-state index in [9.17, 15) is 0 Å². The van der Waals surface area contributed by atoms with Crippen molar-refractivity contribution in [1.29, 1.82) is 0 Å². The second-order valence-electron chi connectivity index (χ2n) is 5.51. The van der Waals surface area contributed by atoms with Gasteiger partial charge in [0, 0.05) is 13.2 Å². The van der Waals surface area contributed by atoms with Crippen LogP contribution in [0.1, 0.15) is 44.7 Å². The molecular weight excluding hydrogens is 234 g/mol. The second-order valence-corrected chi connectivity index (χ2v) is 5.51. The first-order chi connectivity index (χ1) is 9.07. The third-order valence-electron chi connectivity index (χ3n) is 4.23. The minimum absolute atomic E-state index is 0.114. The van der Waals surface area contributed by atoms with Crippen molar-refractivity contribution < 1.29 is 4.74 Å². The Labute approximate surface area is 118 Å². The summed E-state index contributed by atoms with van der Waals surface area (Å²) in [6.45, 7) is 9.83. The summed E-state index contributed by atoms with van der Waals surface area (Å²) in [5, 5.41) is 3.66. The summed E-state index contributed by atoms with van der Waals surface area (Å²) < 4.78 is 5.80. The van der Waals surface area contributed by atoms with Gasteiger partial charge in [0.1, 0.15) is 0 Å². The Bertz CT molecular complexity index is 371. The van der Waals surface area contributed by atoms with Crippen LogP contribution in [0.25, 0.3) is 0 Å². The second kappa shape index (κ2) is 7.66. The van der Waals surface area contributed by atoms with Crippen molar-refractivity contribution >= 4 is 0 Å². The maximum atomic E-state index is 5.80. The molecule has 0 spiro atoms. The molecule has 2 unspecified atom stereocenters. The molecule has 0 aromatic heterocycles. The van der Waals surface area contributed by atoms with E-state index < -0.39 is 0 Å². The zero-order chi connectivity index (χ0) is 14.3. The minimum atomic E-state index is -0.114. The molecule has 1 aromatic carbocycles. The van der Waals surface area contributed by atoms with Gasteiger partial charge in [-0.05, 0) is 50.8 Å². The zero-order valence-electron chi connectivity index (χ0n) is 13.1.